The zero-order valence-electron chi connectivity index (χ0n) is 8.98. The molecule has 1 fully saturated rings. The van der Waals surface area contributed by atoms with Crippen LogP contribution in [0.1, 0.15) is 31.4 Å². The molecule has 1 aliphatic carbocycles. The normalized spacial score (nSPS) is 16.7. The fourth-order valence-electron chi connectivity index (χ4n) is 1.68. The molecule has 2 rings (SSSR count). The third-order valence-corrected chi connectivity index (χ3v) is 2.71. The minimum atomic E-state index is 0. The summed E-state index contributed by atoms with van der Waals surface area (Å²) in [5, 5.41) is 0. The summed E-state index contributed by atoms with van der Waals surface area (Å²) in [6.07, 6.45) is 2.57. The van der Waals surface area contributed by atoms with Gasteiger partial charge in [0.15, 0.2) is 0 Å². The van der Waals surface area contributed by atoms with E-state index in [1.54, 1.807) is 0 Å². The molecule has 0 aliphatic heterocycles. The summed E-state index contributed by atoms with van der Waals surface area (Å²) in [6.45, 7) is 2.71. The summed E-state index contributed by atoms with van der Waals surface area (Å²) in [7, 11) is 0. The molecule has 15 heavy (non-hydrogen) atoms. The standard InChI is InChI=1S/C12H17NO.ClH/c1-2-14-11-7-5-10(6-8-11)12(13)9-3-4-9;/h5-9,12H,2-4,13H2,1H3;1H/t12-;/m0./s1. The van der Waals surface area contributed by atoms with Gasteiger partial charge in [0.1, 0.15) is 5.75 Å². The van der Waals surface area contributed by atoms with Crippen molar-refractivity contribution in [3.05, 3.63) is 29.8 Å². The average molecular weight is 228 g/mol. The summed E-state index contributed by atoms with van der Waals surface area (Å²) in [6, 6.07) is 8.38. The number of benzene rings is 1. The second kappa shape index (κ2) is 5.38. The maximum atomic E-state index is 6.08. The molecule has 0 aromatic heterocycles. The van der Waals surface area contributed by atoms with Gasteiger partial charge < -0.3 is 10.5 Å². The molecule has 1 aliphatic rings. The highest BCUT2D eigenvalue weighted by Gasteiger charge is 2.29. The first-order valence-corrected chi connectivity index (χ1v) is 5.29. The van der Waals surface area contributed by atoms with Crippen molar-refractivity contribution in [2.75, 3.05) is 6.61 Å². The molecule has 0 heterocycles. The maximum Gasteiger partial charge on any atom is 0.119 e. The van der Waals surface area contributed by atoms with E-state index < -0.39 is 0 Å². The second-order valence-corrected chi connectivity index (χ2v) is 3.87. The predicted octanol–water partition coefficient (Wildman–Crippen LogP) is 2.92. The Morgan fingerprint density at radius 1 is 1.33 bits per heavy atom. The monoisotopic (exact) mass is 227 g/mol. The van der Waals surface area contributed by atoms with Crippen LogP contribution in [0.25, 0.3) is 0 Å². The van der Waals surface area contributed by atoms with Crippen LogP contribution in [0.4, 0.5) is 0 Å². The van der Waals surface area contributed by atoms with E-state index >= 15 is 0 Å². The zero-order chi connectivity index (χ0) is 9.97. The van der Waals surface area contributed by atoms with Gasteiger partial charge in [0.2, 0.25) is 0 Å². The molecule has 1 saturated carbocycles. The number of nitrogens with two attached hydrogens (primary N) is 1. The van der Waals surface area contributed by atoms with Crippen LogP contribution in [0.5, 0.6) is 5.75 Å². The molecular weight excluding hydrogens is 210 g/mol. The molecule has 0 bridgehead atoms. The Labute approximate surface area is 97.2 Å². The van der Waals surface area contributed by atoms with Crippen LogP contribution in [0.3, 0.4) is 0 Å². The van der Waals surface area contributed by atoms with E-state index in [9.17, 15) is 0 Å². The number of halogens is 1. The molecule has 0 unspecified atom stereocenters. The summed E-state index contributed by atoms with van der Waals surface area (Å²) in [4.78, 5) is 0. The number of rotatable bonds is 4. The van der Waals surface area contributed by atoms with Gasteiger partial charge in [0.25, 0.3) is 0 Å². The van der Waals surface area contributed by atoms with Crippen molar-refractivity contribution in [2.24, 2.45) is 11.7 Å². The number of ether oxygens (including phenoxy) is 1. The molecule has 0 amide bonds. The lowest BCUT2D eigenvalue weighted by Crippen LogP contribution is -2.11. The van der Waals surface area contributed by atoms with E-state index in [1.165, 1.54) is 18.4 Å². The van der Waals surface area contributed by atoms with Gasteiger partial charge >= 0.3 is 0 Å². The lowest BCUT2D eigenvalue weighted by molar-refractivity contribution is 0.340. The van der Waals surface area contributed by atoms with E-state index in [1.807, 2.05) is 19.1 Å². The Morgan fingerprint density at radius 3 is 2.40 bits per heavy atom. The van der Waals surface area contributed by atoms with Crippen LogP contribution >= 0.6 is 12.4 Å². The smallest absolute Gasteiger partial charge is 0.119 e. The van der Waals surface area contributed by atoms with Crippen molar-refractivity contribution >= 4 is 12.4 Å². The molecule has 2 N–H and O–H groups in total. The van der Waals surface area contributed by atoms with Gasteiger partial charge in [-0.2, -0.15) is 0 Å². The third kappa shape index (κ3) is 3.11. The van der Waals surface area contributed by atoms with Crippen molar-refractivity contribution in [1.82, 2.24) is 0 Å². The van der Waals surface area contributed by atoms with Crippen molar-refractivity contribution < 1.29 is 4.74 Å². The van der Waals surface area contributed by atoms with Gasteiger partial charge in [0, 0.05) is 6.04 Å². The van der Waals surface area contributed by atoms with Crippen molar-refractivity contribution in [3.63, 3.8) is 0 Å². The van der Waals surface area contributed by atoms with Gasteiger partial charge in [-0.3, -0.25) is 0 Å². The van der Waals surface area contributed by atoms with E-state index in [-0.39, 0.29) is 18.4 Å². The quantitative estimate of drug-likeness (QED) is 0.859. The fraction of sp³-hybridized carbons (Fsp3) is 0.500. The maximum absolute atomic E-state index is 6.08. The van der Waals surface area contributed by atoms with E-state index in [4.69, 9.17) is 10.5 Å². The third-order valence-electron chi connectivity index (χ3n) is 2.71. The molecular formula is C12H18ClNO. The first-order chi connectivity index (χ1) is 6.81. The van der Waals surface area contributed by atoms with Crippen LogP contribution in [0, 0.1) is 5.92 Å². The highest BCUT2D eigenvalue weighted by atomic mass is 35.5. The summed E-state index contributed by atoms with van der Waals surface area (Å²) in [5.41, 5.74) is 7.32. The topological polar surface area (TPSA) is 35.2 Å². The lowest BCUT2D eigenvalue weighted by Gasteiger charge is -2.11. The Hall–Kier alpha value is -0.730. The van der Waals surface area contributed by atoms with Crippen LogP contribution in [0.2, 0.25) is 0 Å². The Bertz CT molecular complexity index is 295. The van der Waals surface area contributed by atoms with Gasteiger partial charge in [-0.05, 0) is 43.4 Å². The molecule has 2 nitrogen and oxygen atoms in total. The molecule has 0 saturated heterocycles. The number of hydrogen-bond donors (Lipinski definition) is 1. The van der Waals surface area contributed by atoms with Crippen LogP contribution < -0.4 is 10.5 Å². The average Bonchev–Trinajstić information content (AvgIpc) is 3.02. The highest BCUT2D eigenvalue weighted by molar-refractivity contribution is 5.85. The molecule has 1 aromatic rings. The minimum absolute atomic E-state index is 0. The van der Waals surface area contributed by atoms with Crippen LogP contribution in [0.15, 0.2) is 24.3 Å². The van der Waals surface area contributed by atoms with Gasteiger partial charge in [-0.1, -0.05) is 12.1 Å². The first-order valence-electron chi connectivity index (χ1n) is 5.29. The zero-order valence-corrected chi connectivity index (χ0v) is 9.80. The van der Waals surface area contributed by atoms with Crippen molar-refractivity contribution in [1.29, 1.82) is 0 Å². The Kier molecular flexibility index (Phi) is 4.43. The minimum Gasteiger partial charge on any atom is -0.494 e. The largest absolute Gasteiger partial charge is 0.494 e. The molecule has 84 valence electrons. The van der Waals surface area contributed by atoms with E-state index in [0.717, 1.165) is 5.75 Å². The van der Waals surface area contributed by atoms with Gasteiger partial charge in [0.05, 0.1) is 6.61 Å². The molecule has 3 heteroatoms. The fourth-order valence-corrected chi connectivity index (χ4v) is 1.68. The summed E-state index contributed by atoms with van der Waals surface area (Å²) in [5.74, 6) is 1.65. The van der Waals surface area contributed by atoms with Crippen LogP contribution in [-0.2, 0) is 0 Å². The molecule has 0 spiro atoms. The summed E-state index contributed by atoms with van der Waals surface area (Å²) >= 11 is 0. The van der Waals surface area contributed by atoms with Crippen LogP contribution in [-0.4, -0.2) is 6.61 Å². The van der Waals surface area contributed by atoms with E-state index in [0.29, 0.717) is 12.5 Å². The molecule has 0 radical (unpaired) electrons. The van der Waals surface area contributed by atoms with Gasteiger partial charge in [-0.15, -0.1) is 12.4 Å². The SMILES string of the molecule is CCOc1ccc([C@@H](N)C2CC2)cc1.Cl. The van der Waals surface area contributed by atoms with E-state index in [2.05, 4.69) is 12.1 Å². The highest BCUT2D eigenvalue weighted by Crippen LogP contribution is 2.39. The predicted molar refractivity (Wildman–Crippen MR) is 64.5 cm³/mol. The molecule has 1 aromatic carbocycles. The molecule has 1 atom stereocenters. The second-order valence-electron chi connectivity index (χ2n) is 3.87. The first kappa shape index (κ1) is 12.3. The van der Waals surface area contributed by atoms with Crippen molar-refractivity contribution in [3.8, 4) is 5.75 Å². The Morgan fingerprint density at radius 2 is 1.93 bits per heavy atom. The Balaban J connectivity index is 0.00000112. The lowest BCUT2D eigenvalue weighted by atomic mass is 10.0. The van der Waals surface area contributed by atoms with Crippen molar-refractivity contribution in [2.45, 2.75) is 25.8 Å². The number of hydrogen-bond acceptors (Lipinski definition) is 2. The summed E-state index contributed by atoms with van der Waals surface area (Å²) < 4.78 is 5.38. The van der Waals surface area contributed by atoms with Gasteiger partial charge in [-0.25, -0.2) is 0 Å².